The lowest BCUT2D eigenvalue weighted by Gasteiger charge is -2.30. The summed E-state index contributed by atoms with van der Waals surface area (Å²) >= 11 is 0. The molecule has 2 rings (SSSR count). The van der Waals surface area contributed by atoms with Crippen LogP contribution in [-0.4, -0.2) is 50.7 Å². The first-order valence-electron chi connectivity index (χ1n) is 8.94. The monoisotopic (exact) mass is 333 g/mol. The average Bonchev–Trinajstić information content (AvgIpc) is 2.58. The smallest absolute Gasteiger partial charge is 0.234 e. The van der Waals surface area contributed by atoms with Crippen LogP contribution in [0.2, 0.25) is 0 Å². The van der Waals surface area contributed by atoms with Crippen LogP contribution < -0.4 is 10.6 Å². The van der Waals surface area contributed by atoms with Crippen LogP contribution in [0.15, 0.2) is 24.3 Å². The van der Waals surface area contributed by atoms with E-state index in [0.29, 0.717) is 26.2 Å². The average molecular weight is 333 g/mol. The molecule has 0 aromatic heterocycles. The van der Waals surface area contributed by atoms with Gasteiger partial charge in [-0.1, -0.05) is 31.2 Å². The molecular formula is C19H31N3O2. The van der Waals surface area contributed by atoms with Gasteiger partial charge in [-0.3, -0.25) is 9.69 Å². The van der Waals surface area contributed by atoms with Gasteiger partial charge in [-0.2, -0.15) is 0 Å². The number of nitrogens with zero attached hydrogens (tertiary/aromatic N) is 1. The number of piperidine rings is 1. The van der Waals surface area contributed by atoms with E-state index in [2.05, 4.69) is 46.7 Å². The number of amides is 1. The van der Waals surface area contributed by atoms with E-state index in [4.69, 9.17) is 4.74 Å². The number of hydrogen-bond acceptors (Lipinski definition) is 4. The zero-order valence-corrected chi connectivity index (χ0v) is 15.0. The van der Waals surface area contributed by atoms with Gasteiger partial charge in [0.25, 0.3) is 0 Å². The molecule has 1 fully saturated rings. The molecule has 1 amide bonds. The first kappa shape index (κ1) is 18.9. The SMILES string of the molecule is COCCNCC(=O)NCc1ccc(CN2CCCC(C)C2)cc1. The highest BCUT2D eigenvalue weighted by atomic mass is 16.5. The number of carbonyl (C=O) groups excluding carboxylic acids is 1. The molecule has 0 aliphatic carbocycles. The maximum Gasteiger partial charge on any atom is 0.234 e. The molecule has 5 heteroatoms. The highest BCUT2D eigenvalue weighted by Crippen LogP contribution is 2.18. The van der Waals surface area contributed by atoms with Crippen LogP contribution in [0.5, 0.6) is 0 Å². The Kier molecular flexibility index (Phi) is 8.22. The summed E-state index contributed by atoms with van der Waals surface area (Å²) in [4.78, 5) is 14.3. The van der Waals surface area contributed by atoms with E-state index < -0.39 is 0 Å². The van der Waals surface area contributed by atoms with Gasteiger partial charge in [0, 0.05) is 33.3 Å². The molecule has 0 bridgehead atoms. The van der Waals surface area contributed by atoms with Gasteiger partial charge in [0.1, 0.15) is 0 Å². The van der Waals surface area contributed by atoms with E-state index in [9.17, 15) is 4.79 Å². The van der Waals surface area contributed by atoms with Crippen molar-refractivity contribution in [3.05, 3.63) is 35.4 Å². The fourth-order valence-corrected chi connectivity index (χ4v) is 3.09. The second-order valence-corrected chi connectivity index (χ2v) is 6.75. The Labute approximate surface area is 145 Å². The number of benzene rings is 1. The van der Waals surface area contributed by atoms with Crippen LogP contribution >= 0.6 is 0 Å². The van der Waals surface area contributed by atoms with Crippen LogP contribution in [0.1, 0.15) is 30.9 Å². The van der Waals surface area contributed by atoms with E-state index >= 15 is 0 Å². The zero-order valence-electron chi connectivity index (χ0n) is 15.0. The molecule has 1 aromatic rings. The molecular weight excluding hydrogens is 302 g/mol. The second kappa shape index (κ2) is 10.4. The molecule has 1 aromatic carbocycles. The van der Waals surface area contributed by atoms with Crippen molar-refractivity contribution in [2.45, 2.75) is 32.9 Å². The first-order valence-corrected chi connectivity index (χ1v) is 8.94. The van der Waals surface area contributed by atoms with Crippen molar-refractivity contribution in [2.24, 2.45) is 5.92 Å². The minimum Gasteiger partial charge on any atom is -0.383 e. The summed E-state index contributed by atoms with van der Waals surface area (Å²) in [6.45, 7) is 7.98. The van der Waals surface area contributed by atoms with Crippen molar-refractivity contribution >= 4 is 5.91 Å². The minimum atomic E-state index is 0.0116. The van der Waals surface area contributed by atoms with Gasteiger partial charge in [0.05, 0.1) is 13.2 Å². The second-order valence-electron chi connectivity index (χ2n) is 6.75. The number of hydrogen-bond donors (Lipinski definition) is 2. The van der Waals surface area contributed by atoms with Gasteiger partial charge >= 0.3 is 0 Å². The fraction of sp³-hybridized carbons (Fsp3) is 0.632. The molecule has 134 valence electrons. The van der Waals surface area contributed by atoms with Gasteiger partial charge in [-0.05, 0) is 36.4 Å². The quantitative estimate of drug-likeness (QED) is 0.676. The number of ether oxygens (including phenoxy) is 1. The molecule has 1 aliphatic heterocycles. The van der Waals surface area contributed by atoms with Gasteiger partial charge in [-0.25, -0.2) is 0 Å². The van der Waals surface area contributed by atoms with E-state index in [1.165, 1.54) is 31.5 Å². The number of nitrogens with one attached hydrogen (secondary N) is 2. The number of rotatable bonds is 9. The Hall–Kier alpha value is -1.43. The van der Waals surface area contributed by atoms with Crippen molar-refractivity contribution in [1.29, 1.82) is 0 Å². The van der Waals surface area contributed by atoms with E-state index in [-0.39, 0.29) is 5.91 Å². The van der Waals surface area contributed by atoms with Crippen LogP contribution in [0.3, 0.4) is 0 Å². The maximum atomic E-state index is 11.7. The Balaban J connectivity index is 1.68. The number of likely N-dealkylation sites (tertiary alicyclic amines) is 1. The predicted molar refractivity (Wildman–Crippen MR) is 96.7 cm³/mol. The molecule has 0 radical (unpaired) electrons. The van der Waals surface area contributed by atoms with Crippen LogP contribution in [0.4, 0.5) is 0 Å². The van der Waals surface area contributed by atoms with Crippen molar-refractivity contribution in [1.82, 2.24) is 15.5 Å². The summed E-state index contributed by atoms with van der Waals surface area (Å²) in [5.41, 5.74) is 2.48. The van der Waals surface area contributed by atoms with Crippen LogP contribution in [0.25, 0.3) is 0 Å². The Morgan fingerprint density at radius 3 is 2.75 bits per heavy atom. The molecule has 1 unspecified atom stereocenters. The lowest BCUT2D eigenvalue weighted by Crippen LogP contribution is -2.34. The third kappa shape index (κ3) is 6.99. The van der Waals surface area contributed by atoms with Gasteiger partial charge in [0.2, 0.25) is 5.91 Å². The lowest BCUT2D eigenvalue weighted by molar-refractivity contribution is -0.120. The van der Waals surface area contributed by atoms with Crippen molar-refractivity contribution in [3.8, 4) is 0 Å². The normalized spacial score (nSPS) is 18.5. The molecule has 0 saturated carbocycles. The predicted octanol–water partition coefficient (Wildman–Crippen LogP) is 1.77. The lowest BCUT2D eigenvalue weighted by atomic mass is 9.99. The number of carbonyl (C=O) groups is 1. The Morgan fingerprint density at radius 1 is 1.29 bits per heavy atom. The van der Waals surface area contributed by atoms with Gasteiger partial charge in [0.15, 0.2) is 0 Å². The molecule has 2 N–H and O–H groups in total. The minimum absolute atomic E-state index is 0.0116. The number of methoxy groups -OCH3 is 1. The Bertz CT molecular complexity index is 490. The molecule has 1 atom stereocenters. The molecule has 1 aliphatic rings. The first-order chi connectivity index (χ1) is 11.7. The van der Waals surface area contributed by atoms with Crippen molar-refractivity contribution < 1.29 is 9.53 Å². The highest BCUT2D eigenvalue weighted by molar-refractivity contribution is 5.77. The molecule has 24 heavy (non-hydrogen) atoms. The van der Waals surface area contributed by atoms with Crippen molar-refractivity contribution in [2.75, 3.05) is 39.9 Å². The third-order valence-electron chi connectivity index (χ3n) is 4.43. The fourth-order valence-electron chi connectivity index (χ4n) is 3.09. The summed E-state index contributed by atoms with van der Waals surface area (Å²) in [5, 5.41) is 5.97. The van der Waals surface area contributed by atoms with Gasteiger partial charge < -0.3 is 15.4 Å². The summed E-state index contributed by atoms with van der Waals surface area (Å²) in [7, 11) is 1.65. The summed E-state index contributed by atoms with van der Waals surface area (Å²) < 4.78 is 4.93. The summed E-state index contributed by atoms with van der Waals surface area (Å²) in [5.74, 6) is 0.822. The Morgan fingerprint density at radius 2 is 2.04 bits per heavy atom. The summed E-state index contributed by atoms with van der Waals surface area (Å²) in [6, 6.07) is 8.58. The molecule has 1 heterocycles. The van der Waals surface area contributed by atoms with Gasteiger partial charge in [-0.15, -0.1) is 0 Å². The van der Waals surface area contributed by atoms with E-state index in [1.807, 2.05) is 0 Å². The largest absolute Gasteiger partial charge is 0.383 e. The van der Waals surface area contributed by atoms with Crippen LogP contribution in [-0.2, 0) is 22.6 Å². The standard InChI is InChI=1S/C19H31N3O2/c1-16-4-3-10-22(14-16)15-18-7-5-17(6-8-18)12-21-19(23)13-20-9-11-24-2/h5-8,16,20H,3-4,9-15H2,1-2H3,(H,21,23). The highest BCUT2D eigenvalue weighted by Gasteiger charge is 2.16. The zero-order chi connectivity index (χ0) is 17.2. The molecule has 1 saturated heterocycles. The molecule has 5 nitrogen and oxygen atoms in total. The van der Waals surface area contributed by atoms with E-state index in [0.717, 1.165) is 18.0 Å². The maximum absolute atomic E-state index is 11.7. The summed E-state index contributed by atoms with van der Waals surface area (Å²) in [6.07, 6.45) is 2.67. The topological polar surface area (TPSA) is 53.6 Å². The third-order valence-corrected chi connectivity index (χ3v) is 4.43. The molecule has 0 spiro atoms. The van der Waals surface area contributed by atoms with Crippen LogP contribution in [0, 0.1) is 5.92 Å². The van der Waals surface area contributed by atoms with Crippen molar-refractivity contribution in [3.63, 3.8) is 0 Å². The van der Waals surface area contributed by atoms with E-state index in [1.54, 1.807) is 7.11 Å².